The largest absolute Gasteiger partial charge is 0.488 e. The number of benzene rings is 2. The molecule has 0 saturated heterocycles. The van der Waals surface area contributed by atoms with E-state index in [2.05, 4.69) is 5.16 Å². The average molecular weight is 461 g/mol. The van der Waals surface area contributed by atoms with E-state index in [4.69, 9.17) is 32.5 Å². The Labute approximate surface area is 190 Å². The minimum atomic E-state index is -0.815. The lowest BCUT2D eigenvalue weighted by molar-refractivity contribution is -0.0414. The van der Waals surface area contributed by atoms with E-state index in [0.717, 1.165) is 12.8 Å². The normalized spacial score (nSPS) is 21.0. The van der Waals surface area contributed by atoms with E-state index in [9.17, 15) is 9.90 Å². The van der Waals surface area contributed by atoms with Gasteiger partial charge < -0.3 is 19.3 Å². The van der Waals surface area contributed by atoms with E-state index >= 15 is 0 Å². The van der Waals surface area contributed by atoms with Crippen LogP contribution in [0.3, 0.4) is 0 Å². The molecule has 162 valence electrons. The summed E-state index contributed by atoms with van der Waals surface area (Å²) in [6, 6.07) is 15.6. The van der Waals surface area contributed by atoms with Crippen LogP contribution >= 0.6 is 23.2 Å². The van der Waals surface area contributed by atoms with Gasteiger partial charge in [-0.3, -0.25) is 4.79 Å². The van der Waals surface area contributed by atoms with Crippen molar-refractivity contribution in [2.75, 3.05) is 7.05 Å². The van der Waals surface area contributed by atoms with Gasteiger partial charge in [-0.15, -0.1) is 0 Å². The van der Waals surface area contributed by atoms with Crippen molar-refractivity contribution >= 4 is 29.1 Å². The minimum absolute atomic E-state index is 0.155. The number of hydrogen-bond acceptors (Lipinski definition) is 5. The molecule has 2 aromatic carbocycles. The van der Waals surface area contributed by atoms with E-state index < -0.39 is 6.10 Å². The van der Waals surface area contributed by atoms with Gasteiger partial charge in [-0.1, -0.05) is 46.6 Å². The van der Waals surface area contributed by atoms with Gasteiger partial charge in [0.1, 0.15) is 18.0 Å². The maximum Gasteiger partial charge on any atom is 0.276 e. The topological polar surface area (TPSA) is 75.8 Å². The predicted molar refractivity (Wildman–Crippen MR) is 119 cm³/mol. The summed E-state index contributed by atoms with van der Waals surface area (Å²) in [5.41, 5.74) is 0.819. The average Bonchev–Trinajstić information content (AvgIpc) is 3.27. The van der Waals surface area contributed by atoms with Gasteiger partial charge in [0.15, 0.2) is 11.5 Å². The predicted octanol–water partition coefficient (Wildman–Crippen LogP) is 5.08. The van der Waals surface area contributed by atoms with E-state index in [0.29, 0.717) is 33.5 Å². The van der Waals surface area contributed by atoms with Crippen molar-refractivity contribution in [2.24, 2.45) is 0 Å². The van der Waals surface area contributed by atoms with E-state index in [-0.39, 0.29) is 23.7 Å². The molecule has 1 amide bonds. The molecule has 0 aliphatic heterocycles. The lowest BCUT2D eigenvalue weighted by atomic mass is 9.88. The highest BCUT2D eigenvalue weighted by Gasteiger charge is 2.38. The Morgan fingerprint density at radius 1 is 1.13 bits per heavy atom. The summed E-state index contributed by atoms with van der Waals surface area (Å²) in [7, 11) is 1.66. The van der Waals surface area contributed by atoms with Crippen molar-refractivity contribution in [3.8, 4) is 17.1 Å². The number of nitrogens with zero attached hydrogens (tertiary/aromatic N) is 2. The van der Waals surface area contributed by atoms with Gasteiger partial charge >= 0.3 is 0 Å². The highest BCUT2D eigenvalue weighted by Crippen LogP contribution is 2.30. The zero-order valence-corrected chi connectivity index (χ0v) is 18.4. The Bertz CT molecular complexity index is 1060. The number of para-hydroxylation sites is 1. The van der Waals surface area contributed by atoms with Crippen molar-refractivity contribution in [3.63, 3.8) is 0 Å². The summed E-state index contributed by atoms with van der Waals surface area (Å²) < 4.78 is 11.3. The van der Waals surface area contributed by atoms with Crippen molar-refractivity contribution in [1.29, 1.82) is 0 Å². The summed E-state index contributed by atoms with van der Waals surface area (Å²) in [6.45, 7) is 0. The zero-order valence-electron chi connectivity index (χ0n) is 16.9. The molecule has 6 nitrogen and oxygen atoms in total. The van der Waals surface area contributed by atoms with Crippen LogP contribution in [0.5, 0.6) is 5.75 Å². The van der Waals surface area contributed by atoms with Gasteiger partial charge in [-0.2, -0.15) is 0 Å². The number of likely N-dealkylation sites (N-methyl/N-ethyl adjacent to an activating group) is 1. The third-order valence-electron chi connectivity index (χ3n) is 5.55. The van der Waals surface area contributed by atoms with E-state index in [1.165, 1.54) is 4.90 Å². The summed E-state index contributed by atoms with van der Waals surface area (Å²) in [4.78, 5) is 14.5. The van der Waals surface area contributed by atoms with Crippen molar-refractivity contribution in [3.05, 3.63) is 70.3 Å². The molecule has 4 rings (SSSR count). The number of carbonyl (C=O) groups excluding carboxylic acids is 1. The van der Waals surface area contributed by atoms with Gasteiger partial charge in [-0.05, 0) is 49.6 Å². The Balaban J connectivity index is 1.47. The number of amides is 1. The lowest BCUT2D eigenvalue weighted by Gasteiger charge is -2.39. The Hall–Kier alpha value is -2.54. The molecule has 1 aliphatic carbocycles. The quantitative estimate of drug-likeness (QED) is 0.574. The number of aliphatic hydroxyl groups is 1. The molecule has 1 saturated carbocycles. The Kier molecular flexibility index (Phi) is 6.51. The smallest absolute Gasteiger partial charge is 0.276 e. The summed E-state index contributed by atoms with van der Waals surface area (Å²) in [5.74, 6) is 0.771. The molecule has 0 radical (unpaired) electrons. The van der Waals surface area contributed by atoms with E-state index in [1.807, 2.05) is 30.3 Å². The highest BCUT2D eigenvalue weighted by atomic mass is 35.5. The molecule has 1 fully saturated rings. The fraction of sp³-hybridized carbons (Fsp3) is 0.304. The second-order valence-corrected chi connectivity index (χ2v) is 8.39. The van der Waals surface area contributed by atoms with Gasteiger partial charge in [-0.25, -0.2) is 0 Å². The molecule has 3 aromatic rings. The van der Waals surface area contributed by atoms with Crippen LogP contribution in [0.2, 0.25) is 10.0 Å². The Morgan fingerprint density at radius 3 is 2.65 bits per heavy atom. The number of aliphatic hydroxyl groups excluding tert-OH is 1. The number of ether oxygens (including phenoxy) is 1. The molecule has 31 heavy (non-hydrogen) atoms. The van der Waals surface area contributed by atoms with Gasteiger partial charge in [0.25, 0.3) is 5.91 Å². The molecule has 1 N–H and O–H groups in total. The first-order valence-corrected chi connectivity index (χ1v) is 10.8. The molecule has 1 heterocycles. The van der Waals surface area contributed by atoms with Crippen LogP contribution in [0.1, 0.15) is 29.8 Å². The monoisotopic (exact) mass is 460 g/mol. The minimum Gasteiger partial charge on any atom is -0.488 e. The van der Waals surface area contributed by atoms with Gasteiger partial charge in [0, 0.05) is 18.7 Å². The third-order valence-corrected chi connectivity index (χ3v) is 6.28. The molecule has 8 heteroatoms. The maximum absolute atomic E-state index is 13.0. The van der Waals surface area contributed by atoms with Crippen molar-refractivity contribution < 1.29 is 19.2 Å². The number of hydrogen-bond donors (Lipinski definition) is 1. The van der Waals surface area contributed by atoms with Crippen LogP contribution in [0, 0.1) is 0 Å². The second-order valence-electron chi connectivity index (χ2n) is 7.58. The third kappa shape index (κ3) is 4.71. The van der Waals surface area contributed by atoms with Gasteiger partial charge in [0.05, 0.1) is 16.1 Å². The van der Waals surface area contributed by atoms with Crippen molar-refractivity contribution in [1.82, 2.24) is 10.1 Å². The molecule has 3 atom stereocenters. The van der Waals surface area contributed by atoms with Crippen LogP contribution in [0.15, 0.2) is 59.1 Å². The molecular formula is C23H22Cl2N2O4. The van der Waals surface area contributed by atoms with Crippen LogP contribution < -0.4 is 4.74 Å². The van der Waals surface area contributed by atoms with Crippen LogP contribution in [0.25, 0.3) is 11.3 Å². The zero-order chi connectivity index (χ0) is 22.0. The molecule has 0 unspecified atom stereocenters. The SMILES string of the molecule is CN(C(=O)c1cc(-c2ccc(Cl)c(Cl)c2)on1)[C@@H]1CCC[C@@H](Oc2ccccc2)[C@@H]1O. The van der Waals surface area contributed by atoms with Crippen molar-refractivity contribution in [2.45, 2.75) is 37.5 Å². The van der Waals surface area contributed by atoms with Crippen LogP contribution in [0.4, 0.5) is 0 Å². The first-order chi connectivity index (χ1) is 14.9. The summed E-state index contributed by atoms with van der Waals surface area (Å²) >= 11 is 12.0. The molecule has 0 bridgehead atoms. The standard InChI is InChI=1S/C23H22Cl2N2O4/c1-27(19-8-5-9-20(22(19)28)30-15-6-3-2-4-7-15)23(29)18-13-21(31-26-18)14-10-11-16(24)17(25)12-14/h2-4,6-7,10-13,19-20,22,28H,5,8-9H2,1H3/t19-,20-,22-/m1/s1. The first kappa shape index (κ1) is 21.7. The molecular weight excluding hydrogens is 439 g/mol. The molecule has 1 aromatic heterocycles. The summed E-state index contributed by atoms with van der Waals surface area (Å²) in [5, 5.41) is 15.6. The number of aromatic nitrogens is 1. The fourth-order valence-corrected chi connectivity index (χ4v) is 4.13. The Morgan fingerprint density at radius 2 is 1.90 bits per heavy atom. The first-order valence-electron chi connectivity index (χ1n) is 10.0. The highest BCUT2D eigenvalue weighted by molar-refractivity contribution is 6.42. The molecule has 0 spiro atoms. The van der Waals surface area contributed by atoms with Crippen LogP contribution in [-0.4, -0.2) is 46.4 Å². The second kappa shape index (κ2) is 9.30. The fourth-order valence-electron chi connectivity index (χ4n) is 3.84. The summed E-state index contributed by atoms with van der Waals surface area (Å²) in [6.07, 6.45) is 1.03. The molecule has 1 aliphatic rings. The number of carbonyl (C=O) groups is 1. The van der Waals surface area contributed by atoms with Gasteiger partial charge in [0.2, 0.25) is 0 Å². The number of rotatable bonds is 5. The van der Waals surface area contributed by atoms with Crippen LogP contribution in [-0.2, 0) is 0 Å². The number of halogens is 2. The maximum atomic E-state index is 13.0. The lowest BCUT2D eigenvalue weighted by Crippen LogP contribution is -2.53. The van der Waals surface area contributed by atoms with E-state index in [1.54, 1.807) is 31.3 Å².